The molecular formula is C7H14N2O. The number of hydrogen-bond acceptors (Lipinski definition) is 3. The summed E-state index contributed by atoms with van der Waals surface area (Å²) in [7, 11) is 0. The Labute approximate surface area is 61.8 Å². The Hall–Kier alpha value is -0.880. The first-order valence-electron chi connectivity index (χ1n) is 3.31. The van der Waals surface area contributed by atoms with Gasteiger partial charge in [0.25, 0.3) is 0 Å². The van der Waals surface area contributed by atoms with Crippen LogP contribution in [-0.4, -0.2) is 12.3 Å². The molecule has 0 rings (SSSR count). The van der Waals surface area contributed by atoms with Crippen molar-refractivity contribution in [3.63, 3.8) is 0 Å². The van der Waals surface area contributed by atoms with E-state index < -0.39 is 0 Å². The predicted molar refractivity (Wildman–Crippen MR) is 40.3 cm³/mol. The van der Waals surface area contributed by atoms with Crippen molar-refractivity contribution in [2.24, 2.45) is 5.73 Å². The zero-order chi connectivity index (χ0) is 8.41. The van der Waals surface area contributed by atoms with Gasteiger partial charge in [0.15, 0.2) is 0 Å². The number of ketones is 1. The lowest BCUT2D eigenvalue weighted by Crippen LogP contribution is -2.11. The second-order valence-corrected chi connectivity index (χ2v) is 1.61. The Kier molecular flexibility index (Phi) is 13.0. The van der Waals surface area contributed by atoms with Gasteiger partial charge in [0, 0.05) is 12.8 Å². The summed E-state index contributed by atoms with van der Waals surface area (Å²) in [5.41, 5.74) is 4.93. The monoisotopic (exact) mass is 142 g/mol. The lowest BCUT2D eigenvalue weighted by molar-refractivity contribution is -0.117. The zero-order valence-electron chi connectivity index (χ0n) is 6.55. The first kappa shape index (κ1) is 11.9. The molecule has 0 saturated carbocycles. The Morgan fingerprint density at radius 1 is 1.60 bits per heavy atom. The van der Waals surface area contributed by atoms with Crippen molar-refractivity contribution in [2.45, 2.75) is 26.7 Å². The second kappa shape index (κ2) is 11.0. The molecule has 0 saturated heterocycles. The van der Waals surface area contributed by atoms with Crippen molar-refractivity contribution >= 4 is 5.78 Å². The highest BCUT2D eigenvalue weighted by molar-refractivity contribution is 5.79. The normalized spacial score (nSPS) is 7.00. The third-order valence-corrected chi connectivity index (χ3v) is 0.780. The number of nitrogens with zero attached hydrogens (tertiary/aromatic N) is 1. The molecule has 0 fully saturated rings. The van der Waals surface area contributed by atoms with Crippen LogP contribution in [0, 0.1) is 11.3 Å². The average Bonchev–Trinajstić information content (AvgIpc) is 2.03. The lowest BCUT2D eigenvalue weighted by Gasteiger charge is -1.82. The summed E-state index contributed by atoms with van der Waals surface area (Å²) >= 11 is 0. The van der Waals surface area contributed by atoms with Crippen LogP contribution in [-0.2, 0) is 4.79 Å². The van der Waals surface area contributed by atoms with E-state index in [9.17, 15) is 4.79 Å². The van der Waals surface area contributed by atoms with Crippen LogP contribution >= 0.6 is 0 Å². The van der Waals surface area contributed by atoms with Crippen LogP contribution in [0.1, 0.15) is 26.7 Å². The third kappa shape index (κ3) is 15.7. The Balaban J connectivity index is 0. The SMILES string of the molecule is CCC#N.CCC(=O)CN. The molecule has 0 aliphatic rings. The maximum absolute atomic E-state index is 10.1. The molecule has 58 valence electrons. The summed E-state index contributed by atoms with van der Waals surface area (Å²) in [4.78, 5) is 10.1. The van der Waals surface area contributed by atoms with Crippen LogP contribution in [0.3, 0.4) is 0 Å². The van der Waals surface area contributed by atoms with E-state index in [1.54, 1.807) is 6.92 Å². The molecule has 0 radical (unpaired) electrons. The molecule has 0 aliphatic carbocycles. The first-order chi connectivity index (χ1) is 4.72. The number of Topliss-reactive ketones (excluding diaryl/α,β-unsaturated/α-hetero) is 1. The maximum atomic E-state index is 10.1. The van der Waals surface area contributed by atoms with Gasteiger partial charge in [-0.25, -0.2) is 0 Å². The maximum Gasteiger partial charge on any atom is 0.146 e. The fourth-order valence-electron chi connectivity index (χ4n) is 0.144. The predicted octanol–water partition coefficient (Wildman–Crippen LogP) is 0.844. The standard InChI is InChI=1S/C4H9NO.C3H5N/c1-2-4(6)3-5;1-2-3-4/h2-3,5H2,1H3;2H2,1H3. The zero-order valence-corrected chi connectivity index (χ0v) is 6.55. The summed E-state index contributed by atoms with van der Waals surface area (Å²) < 4.78 is 0. The number of rotatable bonds is 2. The molecule has 3 nitrogen and oxygen atoms in total. The number of nitrogens with two attached hydrogens (primary N) is 1. The third-order valence-electron chi connectivity index (χ3n) is 0.780. The number of carbonyl (C=O) groups excluding carboxylic acids is 1. The van der Waals surface area contributed by atoms with E-state index in [4.69, 9.17) is 11.0 Å². The van der Waals surface area contributed by atoms with Crippen LogP contribution in [0.25, 0.3) is 0 Å². The number of carbonyl (C=O) groups is 1. The minimum Gasteiger partial charge on any atom is -0.324 e. The van der Waals surface area contributed by atoms with Gasteiger partial charge in [-0.3, -0.25) is 4.79 Å². The van der Waals surface area contributed by atoms with Gasteiger partial charge in [0.2, 0.25) is 0 Å². The molecule has 0 amide bonds. The van der Waals surface area contributed by atoms with Crippen LogP contribution in [0.4, 0.5) is 0 Å². The molecule has 0 spiro atoms. The van der Waals surface area contributed by atoms with Gasteiger partial charge in [-0.2, -0.15) is 5.26 Å². The highest BCUT2D eigenvalue weighted by Gasteiger charge is 1.87. The van der Waals surface area contributed by atoms with Crippen LogP contribution in [0.5, 0.6) is 0 Å². The summed E-state index contributed by atoms with van der Waals surface area (Å²) in [6.07, 6.45) is 1.19. The fourth-order valence-corrected chi connectivity index (χ4v) is 0.144. The molecule has 0 aromatic carbocycles. The van der Waals surface area contributed by atoms with Crippen molar-refractivity contribution in [3.8, 4) is 6.07 Å². The molecule has 0 aromatic rings. The molecule has 0 atom stereocenters. The summed E-state index contributed by atoms with van der Waals surface area (Å²) in [6, 6.07) is 1.93. The second-order valence-electron chi connectivity index (χ2n) is 1.61. The van der Waals surface area contributed by atoms with Crippen molar-refractivity contribution in [3.05, 3.63) is 0 Å². The van der Waals surface area contributed by atoms with Gasteiger partial charge < -0.3 is 5.73 Å². The van der Waals surface area contributed by atoms with Crippen molar-refractivity contribution in [1.82, 2.24) is 0 Å². The van der Waals surface area contributed by atoms with Gasteiger partial charge in [0.1, 0.15) is 5.78 Å². The molecule has 2 N–H and O–H groups in total. The summed E-state index contributed by atoms with van der Waals surface area (Å²) in [5.74, 6) is 0.120. The quantitative estimate of drug-likeness (QED) is 0.621. The Morgan fingerprint density at radius 3 is 2.00 bits per heavy atom. The molecule has 0 bridgehead atoms. The van der Waals surface area contributed by atoms with E-state index in [0.717, 1.165) is 0 Å². The van der Waals surface area contributed by atoms with Gasteiger partial charge in [-0.05, 0) is 0 Å². The minimum atomic E-state index is 0.120. The van der Waals surface area contributed by atoms with E-state index in [1.807, 2.05) is 13.0 Å². The smallest absolute Gasteiger partial charge is 0.146 e. The van der Waals surface area contributed by atoms with Crippen LogP contribution in [0.2, 0.25) is 0 Å². The number of nitriles is 1. The lowest BCUT2D eigenvalue weighted by atomic mass is 10.3. The molecular weight excluding hydrogens is 128 g/mol. The molecule has 3 heteroatoms. The Bertz CT molecular complexity index is 109. The molecule has 0 aromatic heterocycles. The van der Waals surface area contributed by atoms with E-state index in [0.29, 0.717) is 12.8 Å². The van der Waals surface area contributed by atoms with Crippen LogP contribution in [0.15, 0.2) is 0 Å². The first-order valence-corrected chi connectivity index (χ1v) is 3.31. The van der Waals surface area contributed by atoms with E-state index in [-0.39, 0.29) is 12.3 Å². The molecule has 0 heterocycles. The van der Waals surface area contributed by atoms with E-state index in [2.05, 4.69) is 0 Å². The summed E-state index contributed by atoms with van der Waals surface area (Å²) in [6.45, 7) is 3.81. The van der Waals surface area contributed by atoms with Gasteiger partial charge >= 0.3 is 0 Å². The van der Waals surface area contributed by atoms with Gasteiger partial charge in [-0.15, -0.1) is 0 Å². The minimum absolute atomic E-state index is 0.120. The highest BCUT2D eigenvalue weighted by atomic mass is 16.1. The molecule has 10 heavy (non-hydrogen) atoms. The van der Waals surface area contributed by atoms with E-state index >= 15 is 0 Å². The largest absolute Gasteiger partial charge is 0.324 e. The number of hydrogen-bond donors (Lipinski definition) is 1. The van der Waals surface area contributed by atoms with E-state index in [1.165, 1.54) is 0 Å². The topological polar surface area (TPSA) is 66.9 Å². The highest BCUT2D eigenvalue weighted by Crippen LogP contribution is 1.71. The molecule has 0 aliphatic heterocycles. The Morgan fingerprint density at radius 2 is 2.00 bits per heavy atom. The average molecular weight is 142 g/mol. The van der Waals surface area contributed by atoms with Crippen molar-refractivity contribution < 1.29 is 4.79 Å². The summed E-state index contributed by atoms with van der Waals surface area (Å²) in [5, 5.41) is 7.62. The van der Waals surface area contributed by atoms with Gasteiger partial charge in [0.05, 0.1) is 12.6 Å². The molecule has 0 unspecified atom stereocenters. The van der Waals surface area contributed by atoms with Crippen LogP contribution < -0.4 is 5.73 Å². The fraction of sp³-hybridized carbons (Fsp3) is 0.714. The van der Waals surface area contributed by atoms with Crippen molar-refractivity contribution in [1.29, 1.82) is 5.26 Å². The van der Waals surface area contributed by atoms with Crippen molar-refractivity contribution in [2.75, 3.05) is 6.54 Å². The van der Waals surface area contributed by atoms with Gasteiger partial charge in [-0.1, -0.05) is 13.8 Å².